The lowest BCUT2D eigenvalue weighted by molar-refractivity contribution is -0.385. The van der Waals surface area contributed by atoms with E-state index < -0.39 is 4.92 Å². The number of nitrogens with one attached hydrogen (secondary N) is 1. The Labute approximate surface area is 105 Å². The summed E-state index contributed by atoms with van der Waals surface area (Å²) in [6.45, 7) is 1.63. The van der Waals surface area contributed by atoms with E-state index in [1.807, 2.05) is 4.90 Å². The molecular formula is C12H15N3O3. The van der Waals surface area contributed by atoms with Crippen LogP contribution in [0.4, 0.5) is 5.69 Å². The third-order valence-electron chi connectivity index (χ3n) is 3.12. The van der Waals surface area contributed by atoms with Gasteiger partial charge in [0.25, 0.3) is 0 Å². The van der Waals surface area contributed by atoms with Crippen molar-refractivity contribution in [2.45, 2.75) is 19.3 Å². The summed E-state index contributed by atoms with van der Waals surface area (Å²) < 4.78 is 0. The Morgan fingerprint density at radius 3 is 2.61 bits per heavy atom. The second kappa shape index (κ2) is 5.03. The topological polar surface area (TPSA) is 90.5 Å². The maximum Gasteiger partial charge on any atom is 0.311 e. The molecule has 2 N–H and O–H groups in total. The molecule has 0 radical (unpaired) electrons. The van der Waals surface area contributed by atoms with E-state index in [1.165, 1.54) is 18.6 Å². The molecule has 0 saturated carbocycles. The van der Waals surface area contributed by atoms with Crippen molar-refractivity contribution >= 4 is 11.5 Å². The third-order valence-corrected chi connectivity index (χ3v) is 3.12. The van der Waals surface area contributed by atoms with Crippen LogP contribution in [0.3, 0.4) is 0 Å². The zero-order chi connectivity index (χ0) is 13.1. The normalized spacial score (nSPS) is 15.4. The van der Waals surface area contributed by atoms with Crippen molar-refractivity contribution in [3.05, 3.63) is 33.9 Å². The van der Waals surface area contributed by atoms with Crippen molar-refractivity contribution < 1.29 is 10.0 Å². The number of piperidine rings is 1. The molecule has 2 rings (SSSR count). The zero-order valence-corrected chi connectivity index (χ0v) is 9.93. The van der Waals surface area contributed by atoms with E-state index in [-0.39, 0.29) is 17.3 Å². The monoisotopic (exact) mass is 249 g/mol. The number of nitro benzene ring substituents is 1. The van der Waals surface area contributed by atoms with E-state index in [2.05, 4.69) is 0 Å². The van der Waals surface area contributed by atoms with E-state index >= 15 is 0 Å². The van der Waals surface area contributed by atoms with Gasteiger partial charge in [-0.2, -0.15) is 0 Å². The van der Waals surface area contributed by atoms with Crippen LogP contribution in [0.15, 0.2) is 18.2 Å². The molecule has 6 heteroatoms. The SMILES string of the molecule is N=C(c1ccc(O)c([N+](=O)[O-])c1)N1CCCCC1. The molecule has 0 bridgehead atoms. The van der Waals surface area contributed by atoms with Crippen molar-refractivity contribution in [2.75, 3.05) is 13.1 Å². The number of aromatic hydroxyl groups is 1. The summed E-state index contributed by atoms with van der Waals surface area (Å²) in [5, 5.41) is 28.2. The molecule has 6 nitrogen and oxygen atoms in total. The summed E-state index contributed by atoms with van der Waals surface area (Å²) in [5.41, 5.74) is 0.121. The zero-order valence-electron chi connectivity index (χ0n) is 9.93. The molecule has 0 aromatic heterocycles. The van der Waals surface area contributed by atoms with Gasteiger partial charge in [0.15, 0.2) is 5.75 Å². The number of rotatable bonds is 2. The highest BCUT2D eigenvalue weighted by molar-refractivity contribution is 5.97. The van der Waals surface area contributed by atoms with Gasteiger partial charge in [0.1, 0.15) is 5.84 Å². The van der Waals surface area contributed by atoms with Gasteiger partial charge in [-0.25, -0.2) is 0 Å². The predicted octanol–water partition coefficient (Wildman–Crippen LogP) is 2.11. The Bertz CT molecular complexity index is 481. The number of amidine groups is 1. The lowest BCUT2D eigenvalue weighted by Gasteiger charge is -2.28. The molecule has 1 aromatic rings. The Morgan fingerprint density at radius 1 is 1.33 bits per heavy atom. The molecule has 18 heavy (non-hydrogen) atoms. The Hall–Kier alpha value is -2.11. The van der Waals surface area contributed by atoms with Crippen LogP contribution in [-0.2, 0) is 0 Å². The standard InChI is InChI=1S/C12H15N3O3/c13-12(14-6-2-1-3-7-14)9-4-5-11(16)10(8-9)15(17)18/h4-5,8,13,16H,1-3,6-7H2. The highest BCUT2D eigenvalue weighted by Gasteiger charge is 2.19. The van der Waals surface area contributed by atoms with Crippen LogP contribution in [0, 0.1) is 15.5 Å². The van der Waals surface area contributed by atoms with Gasteiger partial charge in [-0.3, -0.25) is 15.5 Å². The lowest BCUT2D eigenvalue weighted by atomic mass is 10.1. The number of hydrogen-bond donors (Lipinski definition) is 2. The first-order valence-electron chi connectivity index (χ1n) is 5.91. The van der Waals surface area contributed by atoms with Crippen LogP contribution in [0.1, 0.15) is 24.8 Å². The smallest absolute Gasteiger partial charge is 0.311 e. The molecule has 1 aromatic carbocycles. The average molecular weight is 249 g/mol. The molecule has 0 aliphatic carbocycles. The van der Waals surface area contributed by atoms with Crippen molar-refractivity contribution in [1.29, 1.82) is 5.41 Å². The van der Waals surface area contributed by atoms with Crippen LogP contribution in [0.2, 0.25) is 0 Å². The van der Waals surface area contributed by atoms with Gasteiger partial charge in [-0.05, 0) is 31.4 Å². The van der Waals surface area contributed by atoms with Crippen LogP contribution in [0.5, 0.6) is 5.75 Å². The minimum absolute atomic E-state index is 0.290. The molecule has 1 aliphatic rings. The summed E-state index contributed by atoms with van der Waals surface area (Å²) in [6, 6.07) is 4.07. The first kappa shape index (κ1) is 12.3. The summed E-state index contributed by atoms with van der Waals surface area (Å²) >= 11 is 0. The summed E-state index contributed by atoms with van der Waals surface area (Å²) in [5.74, 6) is -0.0759. The van der Waals surface area contributed by atoms with Gasteiger partial charge in [-0.15, -0.1) is 0 Å². The number of nitrogens with zero attached hydrogens (tertiary/aromatic N) is 2. The van der Waals surface area contributed by atoms with Gasteiger partial charge in [-0.1, -0.05) is 0 Å². The quantitative estimate of drug-likeness (QED) is 0.363. The number of nitro groups is 1. The van der Waals surface area contributed by atoms with E-state index in [4.69, 9.17) is 5.41 Å². The van der Waals surface area contributed by atoms with Crippen molar-refractivity contribution in [2.24, 2.45) is 0 Å². The minimum Gasteiger partial charge on any atom is -0.502 e. The number of phenols is 1. The van der Waals surface area contributed by atoms with Crippen molar-refractivity contribution in [1.82, 2.24) is 4.90 Å². The average Bonchev–Trinajstić information content (AvgIpc) is 2.39. The fourth-order valence-electron chi connectivity index (χ4n) is 2.12. The molecule has 96 valence electrons. The number of benzene rings is 1. The van der Waals surface area contributed by atoms with Gasteiger partial charge in [0.05, 0.1) is 4.92 Å². The fraction of sp³-hybridized carbons (Fsp3) is 0.417. The van der Waals surface area contributed by atoms with Crippen LogP contribution < -0.4 is 0 Å². The van der Waals surface area contributed by atoms with Crippen molar-refractivity contribution in [3.8, 4) is 5.75 Å². The highest BCUT2D eigenvalue weighted by atomic mass is 16.6. The molecule has 1 fully saturated rings. The van der Waals surface area contributed by atoms with E-state index in [1.54, 1.807) is 6.07 Å². The predicted molar refractivity (Wildman–Crippen MR) is 67.0 cm³/mol. The molecule has 1 heterocycles. The largest absolute Gasteiger partial charge is 0.502 e. The molecule has 1 aliphatic heterocycles. The lowest BCUT2D eigenvalue weighted by Crippen LogP contribution is -2.35. The van der Waals surface area contributed by atoms with E-state index in [9.17, 15) is 15.2 Å². The van der Waals surface area contributed by atoms with Gasteiger partial charge in [0, 0.05) is 24.7 Å². The van der Waals surface area contributed by atoms with E-state index in [0.717, 1.165) is 25.9 Å². The molecule has 1 saturated heterocycles. The first-order valence-corrected chi connectivity index (χ1v) is 5.91. The third kappa shape index (κ3) is 2.42. The Kier molecular flexibility index (Phi) is 3.45. The van der Waals surface area contributed by atoms with Crippen LogP contribution >= 0.6 is 0 Å². The maximum atomic E-state index is 10.7. The molecule has 0 atom stereocenters. The van der Waals surface area contributed by atoms with Gasteiger partial charge >= 0.3 is 5.69 Å². The first-order chi connectivity index (χ1) is 8.59. The number of hydrogen-bond acceptors (Lipinski definition) is 4. The molecule has 0 unspecified atom stereocenters. The summed E-state index contributed by atoms with van der Waals surface area (Å²) in [6.07, 6.45) is 3.25. The number of phenolic OH excluding ortho intramolecular Hbond substituents is 1. The number of likely N-dealkylation sites (tertiary alicyclic amines) is 1. The Morgan fingerprint density at radius 2 is 2.00 bits per heavy atom. The fourth-order valence-corrected chi connectivity index (χ4v) is 2.12. The maximum absolute atomic E-state index is 10.7. The summed E-state index contributed by atoms with van der Waals surface area (Å²) in [7, 11) is 0. The Balaban J connectivity index is 2.24. The van der Waals surface area contributed by atoms with Crippen LogP contribution in [0.25, 0.3) is 0 Å². The molecule has 0 spiro atoms. The molecule has 0 amide bonds. The van der Waals surface area contributed by atoms with E-state index in [0.29, 0.717) is 5.56 Å². The summed E-state index contributed by atoms with van der Waals surface area (Å²) in [4.78, 5) is 12.0. The molecular weight excluding hydrogens is 234 g/mol. The van der Waals surface area contributed by atoms with Gasteiger partial charge < -0.3 is 10.0 Å². The minimum atomic E-state index is -0.637. The van der Waals surface area contributed by atoms with Crippen LogP contribution in [-0.4, -0.2) is 33.9 Å². The second-order valence-electron chi connectivity index (χ2n) is 4.36. The second-order valence-corrected chi connectivity index (χ2v) is 4.36. The van der Waals surface area contributed by atoms with Gasteiger partial charge in [0.2, 0.25) is 0 Å². The highest BCUT2D eigenvalue weighted by Crippen LogP contribution is 2.27. The van der Waals surface area contributed by atoms with Crippen molar-refractivity contribution in [3.63, 3.8) is 0 Å².